The van der Waals surface area contributed by atoms with Gasteiger partial charge in [-0.1, -0.05) is 0 Å². The van der Waals surface area contributed by atoms with E-state index in [-0.39, 0.29) is 5.95 Å². The number of likely N-dealkylation sites (N-methyl/N-ethyl adjacent to an activating group) is 1. The number of hydrogen-bond acceptors (Lipinski definition) is 6. The Bertz CT molecular complexity index is 532. The molecule has 2 rings (SSSR count). The van der Waals surface area contributed by atoms with E-state index < -0.39 is 5.60 Å². The first kappa shape index (κ1) is 12.1. The third kappa shape index (κ3) is 2.65. The number of fused-ring (bicyclic) bond motifs is 1. The van der Waals surface area contributed by atoms with Crippen molar-refractivity contribution in [3.8, 4) is 0 Å². The maximum Gasteiger partial charge on any atom is 0.223 e. The van der Waals surface area contributed by atoms with Crippen LogP contribution in [0.1, 0.15) is 13.8 Å². The number of nitrogens with zero attached hydrogens (tertiary/aromatic N) is 3. The zero-order chi connectivity index (χ0) is 12.6. The number of hydrogen-bond donors (Lipinski definition) is 2. The van der Waals surface area contributed by atoms with Crippen LogP contribution in [0.2, 0.25) is 0 Å². The SMILES string of the molecule is CN(CC(C)(C)O)c1nc(N)nc2sccc12. The normalized spacial score (nSPS) is 12.0. The van der Waals surface area contributed by atoms with Crippen LogP contribution in [0.25, 0.3) is 10.2 Å². The molecule has 0 fully saturated rings. The van der Waals surface area contributed by atoms with Crippen molar-refractivity contribution >= 4 is 33.3 Å². The van der Waals surface area contributed by atoms with E-state index in [1.54, 1.807) is 13.8 Å². The largest absolute Gasteiger partial charge is 0.389 e. The lowest BCUT2D eigenvalue weighted by atomic mass is 10.1. The molecular formula is C11H16N4OS. The van der Waals surface area contributed by atoms with Gasteiger partial charge >= 0.3 is 0 Å². The van der Waals surface area contributed by atoms with Gasteiger partial charge in [0.05, 0.1) is 11.0 Å². The molecule has 92 valence electrons. The highest BCUT2D eigenvalue weighted by Crippen LogP contribution is 2.28. The number of aromatic nitrogens is 2. The lowest BCUT2D eigenvalue weighted by molar-refractivity contribution is 0.0885. The van der Waals surface area contributed by atoms with Crippen molar-refractivity contribution in [3.63, 3.8) is 0 Å². The van der Waals surface area contributed by atoms with E-state index in [2.05, 4.69) is 9.97 Å². The molecule has 5 nitrogen and oxygen atoms in total. The molecule has 0 aliphatic heterocycles. The number of rotatable bonds is 3. The Labute approximate surface area is 104 Å². The van der Waals surface area contributed by atoms with Crippen LogP contribution in [0.15, 0.2) is 11.4 Å². The third-order valence-corrected chi connectivity index (χ3v) is 3.11. The van der Waals surface area contributed by atoms with Crippen molar-refractivity contribution in [2.24, 2.45) is 0 Å². The lowest BCUT2D eigenvalue weighted by Crippen LogP contribution is -2.36. The number of anilines is 2. The second-order valence-electron chi connectivity index (χ2n) is 4.71. The number of nitrogen functional groups attached to an aromatic ring is 1. The molecule has 17 heavy (non-hydrogen) atoms. The molecule has 0 saturated carbocycles. The molecule has 0 amide bonds. The minimum atomic E-state index is -0.781. The molecular weight excluding hydrogens is 236 g/mol. The van der Waals surface area contributed by atoms with Crippen LogP contribution in [0, 0.1) is 0 Å². The Morgan fingerprint density at radius 2 is 2.18 bits per heavy atom. The molecule has 0 aliphatic rings. The molecule has 0 unspecified atom stereocenters. The fourth-order valence-corrected chi connectivity index (χ4v) is 2.57. The van der Waals surface area contributed by atoms with Crippen molar-refractivity contribution in [1.82, 2.24) is 9.97 Å². The van der Waals surface area contributed by atoms with Gasteiger partial charge in [0.25, 0.3) is 0 Å². The summed E-state index contributed by atoms with van der Waals surface area (Å²) in [5.41, 5.74) is 4.90. The summed E-state index contributed by atoms with van der Waals surface area (Å²) in [5.74, 6) is 1.02. The van der Waals surface area contributed by atoms with Crippen molar-refractivity contribution in [3.05, 3.63) is 11.4 Å². The molecule has 2 heterocycles. The molecule has 6 heteroatoms. The van der Waals surface area contributed by atoms with Crippen LogP contribution in [0.4, 0.5) is 11.8 Å². The first-order chi connectivity index (χ1) is 7.87. The fourth-order valence-electron chi connectivity index (χ4n) is 1.80. The highest BCUT2D eigenvalue weighted by molar-refractivity contribution is 7.16. The molecule has 2 aromatic heterocycles. The summed E-state index contributed by atoms with van der Waals surface area (Å²) in [7, 11) is 1.89. The van der Waals surface area contributed by atoms with Gasteiger partial charge in [-0.15, -0.1) is 11.3 Å². The van der Waals surface area contributed by atoms with E-state index in [9.17, 15) is 5.11 Å². The molecule has 0 spiro atoms. The minimum absolute atomic E-state index is 0.262. The Hall–Kier alpha value is -1.40. The predicted octanol–water partition coefficient (Wildman–Crippen LogP) is 1.48. The summed E-state index contributed by atoms with van der Waals surface area (Å²) in [6.07, 6.45) is 0. The smallest absolute Gasteiger partial charge is 0.223 e. The average molecular weight is 252 g/mol. The van der Waals surface area contributed by atoms with Crippen LogP contribution >= 0.6 is 11.3 Å². The molecule has 0 bridgehead atoms. The zero-order valence-electron chi connectivity index (χ0n) is 10.1. The Morgan fingerprint density at radius 1 is 1.47 bits per heavy atom. The first-order valence-electron chi connectivity index (χ1n) is 5.31. The molecule has 0 atom stereocenters. The number of thiophene rings is 1. The van der Waals surface area contributed by atoms with Gasteiger partial charge in [-0.2, -0.15) is 4.98 Å². The quantitative estimate of drug-likeness (QED) is 0.865. The molecule has 2 aromatic rings. The van der Waals surface area contributed by atoms with Crippen LogP contribution in [-0.2, 0) is 0 Å². The Balaban J connectivity index is 2.43. The Kier molecular flexibility index (Phi) is 2.92. The summed E-state index contributed by atoms with van der Waals surface area (Å²) >= 11 is 1.53. The van der Waals surface area contributed by atoms with Gasteiger partial charge in [-0.25, -0.2) is 4.98 Å². The second kappa shape index (κ2) is 4.12. The molecule has 0 aliphatic carbocycles. The van der Waals surface area contributed by atoms with Crippen molar-refractivity contribution in [1.29, 1.82) is 0 Å². The van der Waals surface area contributed by atoms with Gasteiger partial charge in [-0.3, -0.25) is 0 Å². The van der Waals surface area contributed by atoms with Crippen LogP contribution < -0.4 is 10.6 Å². The van der Waals surface area contributed by atoms with Gasteiger partial charge in [0.2, 0.25) is 5.95 Å². The summed E-state index contributed by atoms with van der Waals surface area (Å²) in [6, 6.07) is 1.97. The standard InChI is InChI=1S/C11H16N4OS/c1-11(2,16)6-15(3)8-7-4-5-17-9(7)14-10(12)13-8/h4-5,16H,6H2,1-3H3,(H2,12,13,14). The van der Waals surface area contributed by atoms with E-state index in [0.717, 1.165) is 16.0 Å². The summed E-state index contributed by atoms with van der Waals surface area (Å²) < 4.78 is 0. The highest BCUT2D eigenvalue weighted by atomic mass is 32.1. The fraction of sp³-hybridized carbons (Fsp3) is 0.455. The van der Waals surface area contributed by atoms with Crippen molar-refractivity contribution < 1.29 is 5.11 Å². The van der Waals surface area contributed by atoms with Gasteiger partial charge in [-0.05, 0) is 25.3 Å². The lowest BCUT2D eigenvalue weighted by Gasteiger charge is -2.26. The van der Waals surface area contributed by atoms with Gasteiger partial charge < -0.3 is 15.7 Å². The monoisotopic (exact) mass is 252 g/mol. The molecule has 0 radical (unpaired) electrons. The van der Waals surface area contributed by atoms with Crippen LogP contribution in [-0.4, -0.2) is 34.3 Å². The topological polar surface area (TPSA) is 75.3 Å². The van der Waals surface area contributed by atoms with Crippen LogP contribution in [0.3, 0.4) is 0 Å². The van der Waals surface area contributed by atoms with E-state index in [0.29, 0.717) is 6.54 Å². The van der Waals surface area contributed by atoms with E-state index in [4.69, 9.17) is 5.73 Å². The van der Waals surface area contributed by atoms with Crippen molar-refractivity contribution in [2.45, 2.75) is 19.4 Å². The van der Waals surface area contributed by atoms with Gasteiger partial charge in [0, 0.05) is 13.6 Å². The van der Waals surface area contributed by atoms with Crippen molar-refractivity contribution in [2.75, 3.05) is 24.2 Å². The maximum absolute atomic E-state index is 9.83. The predicted molar refractivity (Wildman–Crippen MR) is 71.4 cm³/mol. The number of aliphatic hydroxyl groups is 1. The molecule has 0 aromatic carbocycles. The molecule has 0 saturated heterocycles. The Morgan fingerprint density at radius 3 is 2.82 bits per heavy atom. The third-order valence-electron chi connectivity index (χ3n) is 2.31. The second-order valence-corrected chi connectivity index (χ2v) is 5.61. The van der Waals surface area contributed by atoms with E-state index in [1.165, 1.54) is 11.3 Å². The number of nitrogens with two attached hydrogens (primary N) is 1. The van der Waals surface area contributed by atoms with Gasteiger partial charge in [0.1, 0.15) is 10.6 Å². The summed E-state index contributed by atoms with van der Waals surface area (Å²) in [5, 5.41) is 12.8. The maximum atomic E-state index is 9.83. The van der Waals surface area contributed by atoms with E-state index >= 15 is 0 Å². The summed E-state index contributed by atoms with van der Waals surface area (Å²) in [4.78, 5) is 11.2. The minimum Gasteiger partial charge on any atom is -0.389 e. The van der Waals surface area contributed by atoms with Crippen LogP contribution in [0.5, 0.6) is 0 Å². The average Bonchev–Trinajstić information content (AvgIpc) is 2.60. The summed E-state index contributed by atoms with van der Waals surface area (Å²) in [6.45, 7) is 4.01. The molecule has 3 N–H and O–H groups in total. The first-order valence-corrected chi connectivity index (χ1v) is 6.19. The van der Waals surface area contributed by atoms with E-state index in [1.807, 2.05) is 23.4 Å². The zero-order valence-corrected chi connectivity index (χ0v) is 11.0. The van der Waals surface area contributed by atoms with Gasteiger partial charge in [0.15, 0.2) is 0 Å². The highest BCUT2D eigenvalue weighted by Gasteiger charge is 2.19.